The molecule has 0 bridgehead atoms. The topological polar surface area (TPSA) is 51.3 Å². The van der Waals surface area contributed by atoms with Crippen LogP contribution < -0.4 is 0 Å². The summed E-state index contributed by atoms with van der Waals surface area (Å²) < 4.78 is 45.5. The average Bonchev–Trinajstić information content (AvgIpc) is 3.22. The molecular formula is C19H18F3N3O2. The minimum absolute atomic E-state index is 0.163. The highest BCUT2D eigenvalue weighted by Crippen LogP contribution is 2.21. The van der Waals surface area contributed by atoms with Crippen molar-refractivity contribution in [2.45, 2.75) is 26.6 Å². The van der Waals surface area contributed by atoms with Crippen LogP contribution in [0.5, 0.6) is 0 Å². The Morgan fingerprint density at radius 2 is 1.89 bits per heavy atom. The molecule has 0 fully saturated rings. The van der Waals surface area contributed by atoms with Gasteiger partial charge in [0.2, 0.25) is 0 Å². The summed E-state index contributed by atoms with van der Waals surface area (Å²) in [6.45, 7) is 2.15. The Balaban J connectivity index is 1.83. The van der Waals surface area contributed by atoms with Crippen molar-refractivity contribution >= 4 is 5.91 Å². The van der Waals surface area contributed by atoms with Crippen LogP contribution in [0.2, 0.25) is 0 Å². The van der Waals surface area contributed by atoms with Gasteiger partial charge in [-0.05, 0) is 56.3 Å². The Morgan fingerprint density at radius 1 is 1.19 bits per heavy atom. The molecule has 0 saturated carbocycles. The number of aromatic nitrogens is 2. The summed E-state index contributed by atoms with van der Waals surface area (Å²) in [6.07, 6.45) is -3.15. The highest BCUT2D eigenvalue weighted by atomic mass is 19.4. The van der Waals surface area contributed by atoms with E-state index in [0.29, 0.717) is 0 Å². The monoisotopic (exact) mass is 377 g/mol. The molecule has 1 aromatic carbocycles. The maximum absolute atomic E-state index is 12.9. The molecule has 142 valence electrons. The highest BCUT2D eigenvalue weighted by molar-refractivity contribution is 5.94. The second-order valence-corrected chi connectivity index (χ2v) is 6.24. The standard InChI is InChI=1S/C19H18F3N3O2/c1-13-10-14(2)25(23-13)16-7-5-15(6-8-16)18(26)24(12-19(20,21)22)11-17-4-3-9-27-17/h3-10H,11-12H2,1-2H3. The quantitative estimate of drug-likeness (QED) is 0.667. The molecule has 3 rings (SSSR count). The molecule has 3 aromatic rings. The predicted octanol–water partition coefficient (Wildman–Crippen LogP) is 4.29. The minimum Gasteiger partial charge on any atom is -0.467 e. The Hall–Kier alpha value is -3.03. The molecule has 1 amide bonds. The molecular weight excluding hydrogens is 359 g/mol. The Kier molecular flexibility index (Phi) is 5.07. The number of furan rings is 1. The van der Waals surface area contributed by atoms with Gasteiger partial charge < -0.3 is 9.32 Å². The van der Waals surface area contributed by atoms with Crippen molar-refractivity contribution in [1.82, 2.24) is 14.7 Å². The van der Waals surface area contributed by atoms with E-state index in [1.807, 2.05) is 19.9 Å². The number of alkyl halides is 3. The fourth-order valence-corrected chi connectivity index (χ4v) is 2.82. The summed E-state index contributed by atoms with van der Waals surface area (Å²) >= 11 is 0. The van der Waals surface area contributed by atoms with Gasteiger partial charge in [-0.3, -0.25) is 4.79 Å². The molecule has 0 aliphatic carbocycles. The minimum atomic E-state index is -4.51. The molecule has 27 heavy (non-hydrogen) atoms. The average molecular weight is 377 g/mol. The van der Waals surface area contributed by atoms with Crippen LogP contribution in [0.25, 0.3) is 5.69 Å². The third kappa shape index (κ3) is 4.58. The lowest BCUT2D eigenvalue weighted by Gasteiger charge is -2.23. The number of aryl methyl sites for hydroxylation is 2. The van der Waals surface area contributed by atoms with Gasteiger partial charge in [-0.1, -0.05) is 0 Å². The number of amides is 1. The molecule has 0 atom stereocenters. The number of hydrogen-bond donors (Lipinski definition) is 0. The van der Waals surface area contributed by atoms with E-state index in [1.165, 1.54) is 24.5 Å². The van der Waals surface area contributed by atoms with Crippen LogP contribution in [-0.2, 0) is 6.54 Å². The van der Waals surface area contributed by atoms with Crippen LogP contribution in [-0.4, -0.2) is 33.3 Å². The molecule has 0 N–H and O–H groups in total. The summed E-state index contributed by atoms with van der Waals surface area (Å²) in [5, 5.41) is 4.35. The zero-order valence-corrected chi connectivity index (χ0v) is 14.8. The molecule has 0 aliphatic heterocycles. The van der Waals surface area contributed by atoms with Crippen molar-refractivity contribution in [1.29, 1.82) is 0 Å². The first-order valence-electron chi connectivity index (χ1n) is 8.25. The van der Waals surface area contributed by atoms with Crippen molar-refractivity contribution in [3.8, 4) is 5.69 Å². The van der Waals surface area contributed by atoms with E-state index in [-0.39, 0.29) is 17.9 Å². The van der Waals surface area contributed by atoms with Crippen LogP contribution in [0.15, 0.2) is 53.1 Å². The Labute approximate surface area is 154 Å². The first kappa shape index (κ1) is 18.8. The van der Waals surface area contributed by atoms with E-state index in [0.717, 1.165) is 22.0 Å². The molecule has 0 saturated heterocycles. The number of nitrogens with zero attached hydrogens (tertiary/aromatic N) is 3. The molecule has 2 heterocycles. The first-order valence-corrected chi connectivity index (χ1v) is 8.25. The lowest BCUT2D eigenvalue weighted by atomic mass is 10.1. The molecule has 0 radical (unpaired) electrons. The highest BCUT2D eigenvalue weighted by Gasteiger charge is 2.33. The largest absolute Gasteiger partial charge is 0.467 e. The van der Waals surface area contributed by atoms with Crippen molar-refractivity contribution in [2.24, 2.45) is 0 Å². The summed E-state index contributed by atoms with van der Waals surface area (Å²) in [5.41, 5.74) is 2.66. The molecule has 0 spiro atoms. The van der Waals surface area contributed by atoms with Crippen molar-refractivity contribution < 1.29 is 22.4 Å². The number of rotatable bonds is 5. The van der Waals surface area contributed by atoms with E-state index in [1.54, 1.807) is 22.9 Å². The Morgan fingerprint density at radius 3 is 2.41 bits per heavy atom. The fraction of sp³-hybridized carbons (Fsp3) is 0.263. The van der Waals surface area contributed by atoms with Gasteiger partial charge in [-0.25, -0.2) is 4.68 Å². The SMILES string of the molecule is Cc1cc(C)n(-c2ccc(C(=O)N(Cc3ccco3)CC(F)(F)F)cc2)n1. The van der Waals surface area contributed by atoms with E-state index in [2.05, 4.69) is 5.10 Å². The van der Waals surface area contributed by atoms with Gasteiger partial charge in [0.1, 0.15) is 12.3 Å². The van der Waals surface area contributed by atoms with Gasteiger partial charge in [0, 0.05) is 11.3 Å². The lowest BCUT2D eigenvalue weighted by Crippen LogP contribution is -2.38. The zero-order chi connectivity index (χ0) is 19.6. The van der Waals surface area contributed by atoms with Gasteiger partial charge in [0.25, 0.3) is 5.91 Å². The summed E-state index contributed by atoms with van der Waals surface area (Å²) in [4.78, 5) is 13.3. The number of halogens is 3. The lowest BCUT2D eigenvalue weighted by molar-refractivity contribution is -0.142. The number of carbonyl (C=O) groups is 1. The molecule has 0 aliphatic rings. The van der Waals surface area contributed by atoms with Crippen LogP contribution in [0, 0.1) is 13.8 Å². The third-order valence-corrected chi connectivity index (χ3v) is 3.95. The third-order valence-electron chi connectivity index (χ3n) is 3.95. The van der Waals surface area contributed by atoms with E-state index < -0.39 is 18.6 Å². The second-order valence-electron chi connectivity index (χ2n) is 6.24. The van der Waals surface area contributed by atoms with Crippen LogP contribution in [0.1, 0.15) is 27.5 Å². The van der Waals surface area contributed by atoms with E-state index in [4.69, 9.17) is 4.42 Å². The van der Waals surface area contributed by atoms with E-state index in [9.17, 15) is 18.0 Å². The van der Waals surface area contributed by atoms with E-state index >= 15 is 0 Å². The van der Waals surface area contributed by atoms with Gasteiger partial charge in [0.05, 0.1) is 24.2 Å². The predicted molar refractivity (Wildman–Crippen MR) is 92.5 cm³/mol. The first-order chi connectivity index (χ1) is 12.7. The maximum atomic E-state index is 12.9. The van der Waals surface area contributed by atoms with Gasteiger partial charge in [0.15, 0.2) is 0 Å². The zero-order valence-electron chi connectivity index (χ0n) is 14.8. The van der Waals surface area contributed by atoms with Crippen LogP contribution in [0.3, 0.4) is 0 Å². The van der Waals surface area contributed by atoms with Gasteiger partial charge in [-0.15, -0.1) is 0 Å². The number of carbonyl (C=O) groups excluding carboxylic acids is 1. The van der Waals surface area contributed by atoms with Gasteiger partial charge in [-0.2, -0.15) is 18.3 Å². The summed E-state index contributed by atoms with van der Waals surface area (Å²) in [7, 11) is 0. The van der Waals surface area contributed by atoms with Crippen LogP contribution >= 0.6 is 0 Å². The Bertz CT molecular complexity index is 913. The second kappa shape index (κ2) is 7.30. The number of benzene rings is 1. The molecule has 0 unspecified atom stereocenters. The van der Waals surface area contributed by atoms with Crippen LogP contribution in [0.4, 0.5) is 13.2 Å². The van der Waals surface area contributed by atoms with Crippen molar-refractivity contribution in [3.63, 3.8) is 0 Å². The summed E-state index contributed by atoms with van der Waals surface area (Å²) in [5.74, 6) is -0.435. The molecule has 2 aromatic heterocycles. The number of hydrogen-bond acceptors (Lipinski definition) is 3. The molecule has 5 nitrogen and oxygen atoms in total. The molecule has 8 heteroatoms. The fourth-order valence-electron chi connectivity index (χ4n) is 2.82. The van der Waals surface area contributed by atoms with Gasteiger partial charge >= 0.3 is 6.18 Å². The maximum Gasteiger partial charge on any atom is 0.406 e. The summed E-state index contributed by atoms with van der Waals surface area (Å²) in [6, 6.07) is 11.3. The smallest absolute Gasteiger partial charge is 0.406 e. The normalized spacial score (nSPS) is 11.6. The van der Waals surface area contributed by atoms with Crippen molar-refractivity contribution in [3.05, 3.63) is 71.4 Å². The van der Waals surface area contributed by atoms with Crippen molar-refractivity contribution in [2.75, 3.05) is 6.54 Å².